The molecule has 2 unspecified atom stereocenters. The molecule has 0 aromatic rings. The van der Waals surface area contributed by atoms with E-state index < -0.39 is 11.0 Å². The predicted octanol–water partition coefficient (Wildman–Crippen LogP) is 3.39. The van der Waals surface area contributed by atoms with Gasteiger partial charge in [0.25, 0.3) is 0 Å². The molecule has 0 amide bonds. The molecule has 0 aromatic heterocycles. The lowest BCUT2D eigenvalue weighted by molar-refractivity contribution is -0.136. The van der Waals surface area contributed by atoms with Crippen molar-refractivity contribution in [3.63, 3.8) is 0 Å². The maximum Gasteiger partial charge on any atom is 0.143 e. The largest absolute Gasteiger partial charge is 0.325 e. The van der Waals surface area contributed by atoms with Gasteiger partial charge in [0.15, 0.2) is 0 Å². The van der Waals surface area contributed by atoms with Crippen LogP contribution in [0.15, 0.2) is 0 Å². The number of carbonyl (C=O) groups excluding carboxylic acids is 1. The Morgan fingerprint density at radius 2 is 1.41 bits per heavy atom. The fourth-order valence-corrected chi connectivity index (χ4v) is 2.99. The Balaban J connectivity index is 2.83. The minimum absolute atomic E-state index is 0.214. The molecule has 0 saturated heterocycles. The molecule has 1 aliphatic carbocycles. The normalized spacial score (nSPS) is 31.4. The van der Waals surface area contributed by atoms with Gasteiger partial charge in [0.05, 0.1) is 0 Å². The quantitative estimate of drug-likeness (QED) is 0.820. The van der Waals surface area contributed by atoms with Crippen LogP contribution in [0, 0.1) is 23.2 Å². The minimum Gasteiger partial charge on any atom is -0.325 e. The minimum atomic E-state index is -0.450. The third-order valence-corrected chi connectivity index (χ3v) is 4.78. The summed E-state index contributed by atoms with van der Waals surface area (Å²) in [4.78, 5) is 12.7. The molecule has 1 fully saturated rings. The van der Waals surface area contributed by atoms with E-state index in [4.69, 9.17) is 5.73 Å². The van der Waals surface area contributed by atoms with Crippen molar-refractivity contribution in [1.29, 1.82) is 0 Å². The summed E-state index contributed by atoms with van der Waals surface area (Å²) in [6.07, 6.45) is 3.35. The van der Waals surface area contributed by atoms with Crippen LogP contribution in [-0.4, -0.2) is 11.3 Å². The Morgan fingerprint density at radius 1 is 1.00 bits per heavy atom. The van der Waals surface area contributed by atoms with Crippen molar-refractivity contribution in [2.24, 2.45) is 28.9 Å². The summed E-state index contributed by atoms with van der Waals surface area (Å²) in [7, 11) is 0. The Hall–Kier alpha value is -0.370. The highest BCUT2D eigenvalue weighted by Gasteiger charge is 2.44. The molecule has 0 radical (unpaired) electrons. The molecular formula is C15H29NO. The van der Waals surface area contributed by atoms with Gasteiger partial charge in [-0.3, -0.25) is 4.79 Å². The number of hydrogen-bond donors (Lipinski definition) is 1. The van der Waals surface area contributed by atoms with E-state index in [0.717, 1.165) is 12.8 Å². The highest BCUT2D eigenvalue weighted by atomic mass is 16.1. The Bertz CT molecular complexity index is 278. The van der Waals surface area contributed by atoms with E-state index in [1.165, 1.54) is 6.42 Å². The van der Waals surface area contributed by atoms with Crippen LogP contribution < -0.4 is 5.73 Å². The van der Waals surface area contributed by atoms with Crippen molar-refractivity contribution in [3.8, 4) is 0 Å². The lowest BCUT2D eigenvalue weighted by Crippen LogP contribution is -2.54. The molecule has 1 saturated carbocycles. The van der Waals surface area contributed by atoms with Gasteiger partial charge in [-0.05, 0) is 44.9 Å². The summed E-state index contributed by atoms with van der Waals surface area (Å²) in [5, 5.41) is 0. The van der Waals surface area contributed by atoms with E-state index in [1.54, 1.807) is 0 Å². The second-order valence-corrected chi connectivity index (χ2v) is 7.33. The van der Waals surface area contributed by atoms with Crippen LogP contribution in [0.1, 0.15) is 60.8 Å². The zero-order valence-corrected chi connectivity index (χ0v) is 12.3. The molecule has 0 bridgehead atoms. The average molecular weight is 239 g/mol. The van der Waals surface area contributed by atoms with E-state index in [0.29, 0.717) is 17.6 Å². The van der Waals surface area contributed by atoms with Crippen molar-refractivity contribution in [2.45, 2.75) is 66.3 Å². The number of nitrogens with two attached hydrogens (primary N) is 1. The van der Waals surface area contributed by atoms with Crippen molar-refractivity contribution in [1.82, 2.24) is 0 Å². The monoisotopic (exact) mass is 239 g/mol. The van der Waals surface area contributed by atoms with Crippen LogP contribution in [0.25, 0.3) is 0 Å². The van der Waals surface area contributed by atoms with Crippen molar-refractivity contribution in [2.75, 3.05) is 0 Å². The van der Waals surface area contributed by atoms with Crippen LogP contribution >= 0.6 is 0 Å². The Labute approximate surface area is 106 Å². The lowest BCUT2D eigenvalue weighted by Gasteiger charge is -2.42. The van der Waals surface area contributed by atoms with Gasteiger partial charge < -0.3 is 5.73 Å². The van der Waals surface area contributed by atoms with Gasteiger partial charge in [-0.25, -0.2) is 0 Å². The molecule has 1 rings (SSSR count). The number of rotatable bonds is 3. The summed E-state index contributed by atoms with van der Waals surface area (Å²) >= 11 is 0. The number of hydrogen-bond acceptors (Lipinski definition) is 2. The summed E-state index contributed by atoms with van der Waals surface area (Å²) in [6.45, 7) is 12.4. The van der Waals surface area contributed by atoms with Gasteiger partial charge in [0, 0.05) is 16.9 Å². The van der Waals surface area contributed by atoms with E-state index in [-0.39, 0.29) is 5.92 Å². The van der Waals surface area contributed by atoms with Crippen molar-refractivity contribution >= 4 is 5.78 Å². The van der Waals surface area contributed by atoms with E-state index in [9.17, 15) is 4.79 Å². The third kappa shape index (κ3) is 3.09. The molecular weight excluding hydrogens is 210 g/mol. The van der Waals surface area contributed by atoms with Gasteiger partial charge >= 0.3 is 0 Å². The molecule has 0 aliphatic heterocycles. The molecule has 2 heteroatoms. The van der Waals surface area contributed by atoms with Crippen LogP contribution in [0.3, 0.4) is 0 Å². The molecule has 1 aliphatic rings. The third-order valence-electron chi connectivity index (χ3n) is 4.78. The topological polar surface area (TPSA) is 43.1 Å². The standard InChI is InChI=1S/C15H29NO/c1-10-7-11(2)9-12(8-10)13(17)14(3,4)15(5,6)16/h10-12H,7-9,16H2,1-6H3. The Kier molecular flexibility index (Phi) is 4.08. The Morgan fingerprint density at radius 3 is 1.76 bits per heavy atom. The first kappa shape index (κ1) is 14.7. The fourth-order valence-electron chi connectivity index (χ4n) is 2.99. The molecule has 2 atom stereocenters. The second-order valence-electron chi connectivity index (χ2n) is 7.33. The maximum atomic E-state index is 12.7. The van der Waals surface area contributed by atoms with Crippen molar-refractivity contribution in [3.05, 3.63) is 0 Å². The summed E-state index contributed by atoms with van der Waals surface area (Å²) in [5.41, 5.74) is 5.28. The van der Waals surface area contributed by atoms with Crippen LogP contribution in [-0.2, 0) is 4.79 Å². The molecule has 0 spiro atoms. The van der Waals surface area contributed by atoms with Crippen molar-refractivity contribution < 1.29 is 4.79 Å². The molecule has 17 heavy (non-hydrogen) atoms. The summed E-state index contributed by atoms with van der Waals surface area (Å²) in [5.74, 6) is 1.92. The van der Waals surface area contributed by atoms with Crippen LogP contribution in [0.2, 0.25) is 0 Å². The second kappa shape index (κ2) is 4.72. The van der Waals surface area contributed by atoms with Gasteiger partial charge in [-0.1, -0.05) is 27.7 Å². The van der Waals surface area contributed by atoms with Crippen LogP contribution in [0.5, 0.6) is 0 Å². The highest BCUT2D eigenvalue weighted by Crippen LogP contribution is 2.40. The zero-order valence-electron chi connectivity index (χ0n) is 12.3. The summed E-state index contributed by atoms with van der Waals surface area (Å²) < 4.78 is 0. The van der Waals surface area contributed by atoms with E-state index in [1.807, 2.05) is 27.7 Å². The average Bonchev–Trinajstić information content (AvgIpc) is 2.13. The molecule has 0 heterocycles. The summed E-state index contributed by atoms with van der Waals surface area (Å²) in [6, 6.07) is 0. The number of carbonyl (C=O) groups is 1. The molecule has 2 N–H and O–H groups in total. The lowest BCUT2D eigenvalue weighted by atomic mass is 9.64. The first-order chi connectivity index (χ1) is 7.55. The zero-order chi connectivity index (χ0) is 13.4. The smallest absolute Gasteiger partial charge is 0.143 e. The van der Waals surface area contributed by atoms with Gasteiger partial charge in [-0.15, -0.1) is 0 Å². The number of ketones is 1. The first-order valence-corrected chi connectivity index (χ1v) is 6.89. The highest BCUT2D eigenvalue weighted by molar-refractivity contribution is 5.87. The van der Waals surface area contributed by atoms with E-state index >= 15 is 0 Å². The van der Waals surface area contributed by atoms with Gasteiger partial charge in [0.2, 0.25) is 0 Å². The van der Waals surface area contributed by atoms with E-state index in [2.05, 4.69) is 13.8 Å². The SMILES string of the molecule is CC1CC(C)CC(C(=O)C(C)(C)C(C)(C)N)C1. The predicted molar refractivity (Wildman–Crippen MR) is 72.7 cm³/mol. The van der Waals surface area contributed by atoms with Crippen LogP contribution in [0.4, 0.5) is 0 Å². The van der Waals surface area contributed by atoms with Gasteiger partial charge in [-0.2, -0.15) is 0 Å². The number of Topliss-reactive ketones (excluding diaryl/α,β-unsaturated/α-hetero) is 1. The van der Waals surface area contributed by atoms with Gasteiger partial charge in [0.1, 0.15) is 5.78 Å². The molecule has 100 valence electrons. The maximum absolute atomic E-state index is 12.7. The molecule has 0 aromatic carbocycles. The first-order valence-electron chi connectivity index (χ1n) is 6.89. The molecule has 2 nitrogen and oxygen atoms in total. The fraction of sp³-hybridized carbons (Fsp3) is 0.933.